The van der Waals surface area contributed by atoms with Gasteiger partial charge in [0, 0.05) is 36.5 Å². The lowest BCUT2D eigenvalue weighted by molar-refractivity contribution is -0.139. The molecule has 3 unspecified atom stereocenters. The van der Waals surface area contributed by atoms with Gasteiger partial charge in [-0.1, -0.05) is 19.1 Å². The normalized spacial score (nSPS) is 32.2. The van der Waals surface area contributed by atoms with Crippen LogP contribution in [0.15, 0.2) is 48.8 Å². The number of carbonyl (C=O) groups is 2. The minimum absolute atomic E-state index is 0.0193. The lowest BCUT2D eigenvalue weighted by Crippen LogP contribution is -2.70. The minimum Gasteiger partial charge on any atom is -0.362 e. The quantitative estimate of drug-likeness (QED) is 0.752. The van der Waals surface area contributed by atoms with Crippen molar-refractivity contribution in [2.75, 3.05) is 5.32 Å². The Balaban J connectivity index is 1.35. The van der Waals surface area contributed by atoms with Crippen molar-refractivity contribution in [2.24, 2.45) is 17.3 Å². The summed E-state index contributed by atoms with van der Waals surface area (Å²) >= 11 is 0. The molecule has 3 aliphatic carbocycles. The molecule has 2 heterocycles. The van der Waals surface area contributed by atoms with Gasteiger partial charge in [0.15, 0.2) is 0 Å². The fourth-order valence-electron chi connectivity index (χ4n) is 5.67. The van der Waals surface area contributed by atoms with E-state index < -0.39 is 5.66 Å². The molecule has 6 heteroatoms. The number of nitrogens with zero attached hydrogens (tertiary/aromatic N) is 1. The van der Waals surface area contributed by atoms with E-state index in [0.29, 0.717) is 12.1 Å². The van der Waals surface area contributed by atoms with Crippen molar-refractivity contribution in [3.05, 3.63) is 59.9 Å². The van der Waals surface area contributed by atoms with E-state index in [1.807, 2.05) is 36.4 Å². The van der Waals surface area contributed by atoms with Crippen LogP contribution in [0.25, 0.3) is 0 Å². The van der Waals surface area contributed by atoms with Gasteiger partial charge in [0.25, 0.3) is 5.91 Å². The molecule has 4 atom stereocenters. The minimum atomic E-state index is -0.458. The third kappa shape index (κ3) is 2.98. The van der Waals surface area contributed by atoms with Crippen molar-refractivity contribution in [2.45, 2.75) is 44.8 Å². The van der Waals surface area contributed by atoms with E-state index in [1.165, 1.54) is 0 Å². The van der Waals surface area contributed by atoms with Crippen LogP contribution in [0.1, 0.15) is 48.5 Å². The van der Waals surface area contributed by atoms with Gasteiger partial charge in [-0.15, -0.1) is 0 Å². The molecule has 29 heavy (non-hydrogen) atoms. The third-order valence-electron chi connectivity index (χ3n) is 7.20. The predicted molar refractivity (Wildman–Crippen MR) is 110 cm³/mol. The first-order valence-electron chi connectivity index (χ1n) is 10.4. The number of anilines is 1. The molecule has 6 nitrogen and oxygen atoms in total. The summed E-state index contributed by atoms with van der Waals surface area (Å²) in [5, 5.41) is 10.0. The molecule has 3 fully saturated rings. The molecule has 4 aliphatic rings. The van der Waals surface area contributed by atoms with Crippen LogP contribution in [0.5, 0.6) is 0 Å². The number of pyridine rings is 1. The van der Waals surface area contributed by atoms with Crippen LogP contribution in [-0.4, -0.2) is 22.5 Å². The first-order valence-corrected chi connectivity index (χ1v) is 10.4. The lowest BCUT2D eigenvalue weighted by Gasteiger charge is -2.60. The zero-order valence-electron chi connectivity index (χ0n) is 16.6. The fraction of sp³-hybridized carbons (Fsp3) is 0.435. The van der Waals surface area contributed by atoms with Crippen LogP contribution in [0.4, 0.5) is 5.69 Å². The molecular formula is C23H26N4O2. The summed E-state index contributed by atoms with van der Waals surface area (Å²) in [4.78, 5) is 29.9. The van der Waals surface area contributed by atoms with Gasteiger partial charge in [-0.2, -0.15) is 0 Å². The summed E-state index contributed by atoms with van der Waals surface area (Å²) in [7, 11) is 0. The average molecular weight is 390 g/mol. The van der Waals surface area contributed by atoms with Crippen LogP contribution >= 0.6 is 0 Å². The number of hydrogen-bond acceptors (Lipinski definition) is 4. The van der Waals surface area contributed by atoms with Gasteiger partial charge < -0.3 is 16.0 Å². The first kappa shape index (κ1) is 18.2. The number of para-hydroxylation sites is 1. The summed E-state index contributed by atoms with van der Waals surface area (Å²) in [6.07, 6.45) is 7.05. The maximum Gasteiger partial charge on any atom is 0.255 e. The van der Waals surface area contributed by atoms with Crippen molar-refractivity contribution in [1.82, 2.24) is 15.6 Å². The molecule has 1 aromatic carbocycles. The number of aromatic nitrogens is 1. The Labute approximate surface area is 170 Å². The summed E-state index contributed by atoms with van der Waals surface area (Å²) in [5.74, 6) is 0.295. The van der Waals surface area contributed by atoms with E-state index in [-0.39, 0.29) is 29.1 Å². The highest BCUT2D eigenvalue weighted by Gasteiger charge is 2.60. The Kier molecular flexibility index (Phi) is 4.12. The van der Waals surface area contributed by atoms with E-state index in [1.54, 1.807) is 12.4 Å². The van der Waals surface area contributed by atoms with Gasteiger partial charge in [0.2, 0.25) is 5.91 Å². The Bertz CT molecular complexity index is 962. The van der Waals surface area contributed by atoms with E-state index >= 15 is 0 Å². The van der Waals surface area contributed by atoms with E-state index in [0.717, 1.165) is 36.9 Å². The van der Waals surface area contributed by atoms with Gasteiger partial charge in [0.1, 0.15) is 5.66 Å². The third-order valence-corrected chi connectivity index (χ3v) is 7.20. The second-order valence-electron chi connectivity index (χ2n) is 9.02. The number of hydrogen-bond donors (Lipinski definition) is 3. The van der Waals surface area contributed by atoms with Crippen LogP contribution in [0.2, 0.25) is 0 Å². The first-order chi connectivity index (χ1) is 14.0. The standard InChI is InChI=1S/C23H26N4O2/c1-22-9-6-16(12-18(22)21(29)25-13-15-7-10-24-11-8-15)23(14-22)26-19-5-3-2-4-17(19)20(28)27-23/h2-5,7-8,10-11,16,18,26H,6,9,12-14H2,1H3,(H,25,29)(H,27,28)/t16?,18?,22?,23-/m0/s1. The van der Waals surface area contributed by atoms with Crippen molar-refractivity contribution in [1.29, 1.82) is 0 Å². The molecule has 3 saturated carbocycles. The highest BCUT2D eigenvalue weighted by molar-refractivity contribution is 6.02. The zero-order chi connectivity index (χ0) is 20.1. The molecule has 6 rings (SSSR count). The smallest absolute Gasteiger partial charge is 0.255 e. The number of rotatable bonds is 3. The summed E-state index contributed by atoms with van der Waals surface area (Å²) in [6, 6.07) is 11.5. The second kappa shape index (κ2) is 6.58. The molecule has 2 amide bonds. The number of amides is 2. The largest absolute Gasteiger partial charge is 0.362 e. The topological polar surface area (TPSA) is 83.1 Å². The Morgan fingerprint density at radius 2 is 2.00 bits per heavy atom. The predicted octanol–water partition coefficient (Wildman–Crippen LogP) is 3.08. The van der Waals surface area contributed by atoms with Gasteiger partial charge in [0.05, 0.1) is 5.56 Å². The van der Waals surface area contributed by atoms with Crippen LogP contribution in [0, 0.1) is 17.3 Å². The average Bonchev–Trinajstić information content (AvgIpc) is 2.72. The van der Waals surface area contributed by atoms with Gasteiger partial charge in [-0.25, -0.2) is 0 Å². The molecule has 1 aliphatic heterocycles. The van der Waals surface area contributed by atoms with Crippen molar-refractivity contribution in [3.8, 4) is 0 Å². The SMILES string of the molecule is CC12CCC(CC1C(=O)NCc1ccncc1)[C@]1(C2)NC(=O)c2ccccc2N1. The van der Waals surface area contributed by atoms with Crippen LogP contribution in [-0.2, 0) is 11.3 Å². The number of carbonyl (C=O) groups excluding carboxylic acids is 2. The molecule has 3 N–H and O–H groups in total. The molecule has 1 spiro atoms. The zero-order valence-corrected chi connectivity index (χ0v) is 16.6. The number of fused-ring (bicyclic) bond motifs is 3. The second-order valence-corrected chi connectivity index (χ2v) is 9.02. The molecule has 0 saturated heterocycles. The van der Waals surface area contributed by atoms with Gasteiger partial charge in [-0.05, 0) is 60.9 Å². The number of benzene rings is 1. The monoisotopic (exact) mass is 390 g/mol. The molecule has 150 valence electrons. The summed E-state index contributed by atoms with van der Waals surface area (Å²) < 4.78 is 0. The molecule has 1 aromatic heterocycles. The van der Waals surface area contributed by atoms with Crippen molar-refractivity contribution in [3.63, 3.8) is 0 Å². The van der Waals surface area contributed by atoms with Gasteiger partial charge in [-0.3, -0.25) is 14.6 Å². The molecule has 2 bridgehead atoms. The van der Waals surface area contributed by atoms with E-state index in [4.69, 9.17) is 0 Å². The maximum absolute atomic E-state index is 13.1. The molecule has 2 aromatic rings. The number of nitrogens with one attached hydrogen (secondary N) is 3. The van der Waals surface area contributed by atoms with Crippen LogP contribution < -0.4 is 16.0 Å². The maximum atomic E-state index is 13.1. The molecular weight excluding hydrogens is 364 g/mol. The van der Waals surface area contributed by atoms with E-state index in [9.17, 15) is 9.59 Å². The van der Waals surface area contributed by atoms with Gasteiger partial charge >= 0.3 is 0 Å². The van der Waals surface area contributed by atoms with Crippen molar-refractivity contribution < 1.29 is 9.59 Å². The Hall–Kier alpha value is -2.89. The van der Waals surface area contributed by atoms with E-state index in [2.05, 4.69) is 27.9 Å². The fourth-order valence-corrected chi connectivity index (χ4v) is 5.67. The Morgan fingerprint density at radius 1 is 1.21 bits per heavy atom. The summed E-state index contributed by atoms with van der Waals surface area (Å²) in [5.41, 5.74) is 2.03. The molecule has 0 radical (unpaired) electrons. The lowest BCUT2D eigenvalue weighted by atomic mass is 9.51. The summed E-state index contributed by atoms with van der Waals surface area (Å²) in [6.45, 7) is 2.72. The highest BCUT2D eigenvalue weighted by atomic mass is 16.2. The Morgan fingerprint density at radius 3 is 2.79 bits per heavy atom. The van der Waals surface area contributed by atoms with Crippen molar-refractivity contribution >= 4 is 17.5 Å². The highest BCUT2D eigenvalue weighted by Crippen LogP contribution is 2.58. The van der Waals surface area contributed by atoms with Crippen LogP contribution in [0.3, 0.4) is 0 Å².